The topological polar surface area (TPSA) is 52.2 Å². The van der Waals surface area contributed by atoms with Crippen molar-refractivity contribution in [2.75, 3.05) is 26.7 Å². The molecule has 0 aliphatic carbocycles. The third kappa shape index (κ3) is 2.19. The molecule has 1 aliphatic heterocycles. The van der Waals surface area contributed by atoms with Crippen molar-refractivity contribution in [2.24, 2.45) is 0 Å². The second-order valence-electron chi connectivity index (χ2n) is 3.11. The number of nitrogens with one attached hydrogen (secondary N) is 1. The van der Waals surface area contributed by atoms with Crippen molar-refractivity contribution in [3.8, 4) is 0 Å². The Kier molecular flexibility index (Phi) is 3.49. The Hall–Kier alpha value is -0.610. The van der Waals surface area contributed by atoms with Gasteiger partial charge >= 0.3 is 0 Å². The van der Waals surface area contributed by atoms with Crippen LogP contribution in [0.25, 0.3) is 0 Å². The number of carbonyl (C=O) groups excluding carboxylic acids is 1. The van der Waals surface area contributed by atoms with Crippen molar-refractivity contribution >= 4 is 5.91 Å². The average molecular weight is 171 g/mol. The summed E-state index contributed by atoms with van der Waals surface area (Å²) in [6.45, 7) is 1.02. The van der Waals surface area contributed by atoms with E-state index in [1.807, 2.05) is 0 Å². The highest BCUT2D eigenvalue weighted by atomic mass is 16.3. The zero-order valence-corrected chi connectivity index (χ0v) is 7.38. The molecule has 0 spiro atoms. The van der Waals surface area contributed by atoms with E-state index in [0.717, 1.165) is 19.4 Å². The van der Waals surface area contributed by atoms with Gasteiger partial charge in [-0.2, -0.15) is 0 Å². The average Bonchev–Trinajstić information content (AvgIpc) is 2.55. The molecule has 0 unspecified atom stereocenters. The molecule has 1 amide bonds. The highest BCUT2D eigenvalue weighted by Gasteiger charge is 2.24. The zero-order chi connectivity index (χ0) is 8.97. The van der Waals surface area contributed by atoms with Gasteiger partial charge < -0.3 is 10.2 Å². The van der Waals surface area contributed by atoms with Crippen molar-refractivity contribution in [1.82, 2.24) is 10.2 Å². The summed E-state index contributed by atoms with van der Waals surface area (Å²) >= 11 is 0. The zero-order valence-electron chi connectivity index (χ0n) is 7.38. The molecule has 1 fully saturated rings. The lowest BCUT2D eigenvalue weighted by Crippen LogP contribution is -2.42. The molecule has 4 heteroatoms. The minimum absolute atomic E-state index is 0.0402. The van der Waals surface area contributed by atoms with Crippen LogP contribution in [0.5, 0.6) is 0 Å². The van der Waals surface area contributed by atoms with Gasteiger partial charge in [-0.05, 0) is 19.4 Å². The van der Waals surface area contributed by atoms with E-state index < -0.39 is 0 Å². The van der Waals surface area contributed by atoms with Crippen LogP contribution in [0.3, 0.4) is 0 Å². The lowest BCUT2D eigenvalue weighted by molar-refractivity contribution is -0.132. The number of hydrogen-bond donors (Lipinski definition) is 1. The fourth-order valence-electron chi connectivity index (χ4n) is 1.41. The van der Waals surface area contributed by atoms with Crippen molar-refractivity contribution in [3.63, 3.8) is 0 Å². The molecule has 1 N–H and O–H groups in total. The SMILES string of the molecule is CN(CC[O])C(=O)[C@@H]1CCCN1. The van der Waals surface area contributed by atoms with E-state index in [-0.39, 0.29) is 18.6 Å². The second-order valence-corrected chi connectivity index (χ2v) is 3.11. The molecule has 1 saturated heterocycles. The van der Waals surface area contributed by atoms with Gasteiger partial charge in [-0.3, -0.25) is 4.79 Å². The van der Waals surface area contributed by atoms with Crippen molar-refractivity contribution < 1.29 is 9.90 Å². The van der Waals surface area contributed by atoms with E-state index in [9.17, 15) is 9.90 Å². The van der Waals surface area contributed by atoms with Crippen molar-refractivity contribution in [2.45, 2.75) is 18.9 Å². The molecule has 12 heavy (non-hydrogen) atoms. The number of hydrogen-bond acceptors (Lipinski definition) is 2. The molecular weight excluding hydrogens is 156 g/mol. The van der Waals surface area contributed by atoms with Gasteiger partial charge in [-0.25, -0.2) is 5.11 Å². The Morgan fingerprint density at radius 3 is 2.92 bits per heavy atom. The maximum atomic E-state index is 11.5. The molecule has 0 aromatic carbocycles. The van der Waals surface area contributed by atoms with Crippen molar-refractivity contribution in [3.05, 3.63) is 0 Å². The normalized spacial score (nSPS) is 22.7. The maximum absolute atomic E-state index is 11.5. The molecule has 0 aromatic heterocycles. The van der Waals surface area contributed by atoms with E-state index in [4.69, 9.17) is 0 Å². The number of amides is 1. The predicted octanol–water partition coefficient (Wildman–Crippen LogP) is -0.373. The van der Waals surface area contributed by atoms with Gasteiger partial charge in [0.1, 0.15) is 0 Å². The lowest BCUT2D eigenvalue weighted by Gasteiger charge is -2.19. The third-order valence-electron chi connectivity index (χ3n) is 2.16. The first-order chi connectivity index (χ1) is 5.75. The molecule has 1 heterocycles. The predicted molar refractivity (Wildman–Crippen MR) is 44.2 cm³/mol. The number of rotatable bonds is 3. The minimum atomic E-state index is -0.213. The van der Waals surface area contributed by atoms with Gasteiger partial charge in [0.05, 0.1) is 12.6 Å². The molecule has 0 bridgehead atoms. The summed E-state index contributed by atoms with van der Waals surface area (Å²) in [5.41, 5.74) is 0. The highest BCUT2D eigenvalue weighted by Crippen LogP contribution is 2.07. The monoisotopic (exact) mass is 171 g/mol. The van der Waals surface area contributed by atoms with Gasteiger partial charge in [0.2, 0.25) is 5.91 Å². The van der Waals surface area contributed by atoms with E-state index in [2.05, 4.69) is 5.32 Å². The summed E-state index contributed by atoms with van der Waals surface area (Å²) in [6, 6.07) is -0.0402. The van der Waals surface area contributed by atoms with Gasteiger partial charge in [0, 0.05) is 13.6 Å². The first-order valence-electron chi connectivity index (χ1n) is 4.32. The summed E-state index contributed by atoms with van der Waals surface area (Å²) in [5, 5.41) is 13.3. The molecule has 1 rings (SSSR count). The molecule has 69 valence electrons. The quantitative estimate of drug-likeness (QED) is 0.629. The molecular formula is C8H15N2O2. The third-order valence-corrected chi connectivity index (χ3v) is 2.16. The molecule has 0 saturated carbocycles. The van der Waals surface area contributed by atoms with Crippen molar-refractivity contribution in [1.29, 1.82) is 0 Å². The van der Waals surface area contributed by atoms with Crippen LogP contribution in [0.1, 0.15) is 12.8 Å². The molecule has 1 aliphatic rings. The standard InChI is InChI=1S/C8H15N2O2/c1-10(5-6-11)8(12)7-3-2-4-9-7/h7,9H,2-6H2,1H3/t7-/m0/s1. The number of nitrogens with zero attached hydrogens (tertiary/aromatic N) is 1. The Bertz CT molecular complexity index is 155. The second kappa shape index (κ2) is 4.42. The minimum Gasteiger partial charge on any atom is -0.342 e. The van der Waals surface area contributed by atoms with Crippen LogP contribution in [0, 0.1) is 0 Å². The van der Waals surface area contributed by atoms with Crippen LogP contribution < -0.4 is 5.32 Å². The Morgan fingerprint density at radius 2 is 2.42 bits per heavy atom. The number of carbonyl (C=O) groups is 1. The van der Waals surface area contributed by atoms with Crippen LogP contribution in [-0.2, 0) is 9.90 Å². The van der Waals surface area contributed by atoms with E-state index in [1.54, 1.807) is 7.05 Å². The van der Waals surface area contributed by atoms with Gasteiger partial charge in [-0.15, -0.1) is 0 Å². The maximum Gasteiger partial charge on any atom is 0.239 e. The number of likely N-dealkylation sites (N-methyl/N-ethyl adjacent to an activating group) is 1. The summed E-state index contributed by atoms with van der Waals surface area (Å²) in [5.74, 6) is 0.0587. The summed E-state index contributed by atoms with van der Waals surface area (Å²) in [4.78, 5) is 13.0. The van der Waals surface area contributed by atoms with Crippen LogP contribution in [0.2, 0.25) is 0 Å². The van der Waals surface area contributed by atoms with Gasteiger partial charge in [0.15, 0.2) is 0 Å². The molecule has 4 nitrogen and oxygen atoms in total. The fraction of sp³-hybridized carbons (Fsp3) is 0.875. The van der Waals surface area contributed by atoms with E-state index in [0.29, 0.717) is 6.54 Å². The highest BCUT2D eigenvalue weighted by molar-refractivity contribution is 5.81. The van der Waals surface area contributed by atoms with Crippen LogP contribution in [0.4, 0.5) is 0 Å². The lowest BCUT2D eigenvalue weighted by atomic mass is 10.2. The first kappa shape index (κ1) is 9.48. The Morgan fingerprint density at radius 1 is 1.67 bits per heavy atom. The Balaban J connectivity index is 2.34. The van der Waals surface area contributed by atoms with E-state index in [1.165, 1.54) is 4.90 Å². The summed E-state index contributed by atoms with van der Waals surface area (Å²) in [7, 11) is 1.68. The van der Waals surface area contributed by atoms with Gasteiger partial charge in [0.25, 0.3) is 0 Å². The van der Waals surface area contributed by atoms with Gasteiger partial charge in [-0.1, -0.05) is 0 Å². The first-order valence-corrected chi connectivity index (χ1v) is 4.32. The van der Waals surface area contributed by atoms with Crippen LogP contribution >= 0.6 is 0 Å². The molecule has 1 atom stereocenters. The fourth-order valence-corrected chi connectivity index (χ4v) is 1.41. The smallest absolute Gasteiger partial charge is 0.239 e. The van der Waals surface area contributed by atoms with E-state index >= 15 is 0 Å². The largest absolute Gasteiger partial charge is 0.342 e. The Labute approximate surface area is 72.6 Å². The molecule has 0 aromatic rings. The summed E-state index contributed by atoms with van der Waals surface area (Å²) in [6.07, 6.45) is 1.96. The van der Waals surface area contributed by atoms with Crippen LogP contribution in [-0.4, -0.2) is 43.6 Å². The van der Waals surface area contributed by atoms with Crippen LogP contribution in [0.15, 0.2) is 0 Å². The summed E-state index contributed by atoms with van der Waals surface area (Å²) < 4.78 is 0. The molecule has 1 radical (unpaired) electrons.